The van der Waals surface area contributed by atoms with Crippen molar-refractivity contribution in [2.24, 2.45) is 0 Å². The van der Waals surface area contributed by atoms with Crippen LogP contribution in [0.15, 0.2) is 36.4 Å². The highest BCUT2D eigenvalue weighted by Crippen LogP contribution is 2.46. The molecule has 44 heavy (non-hydrogen) atoms. The average molecular weight is 609 g/mol. The lowest BCUT2D eigenvalue weighted by molar-refractivity contribution is -0.158. The molecular weight excluding hydrogens is 572 g/mol. The molecule has 4 aromatic rings. The van der Waals surface area contributed by atoms with Crippen molar-refractivity contribution in [2.45, 2.75) is 39.5 Å². The number of aromatic nitrogens is 2. The van der Waals surface area contributed by atoms with Crippen LogP contribution in [-0.2, 0) is 38.1 Å². The van der Waals surface area contributed by atoms with E-state index in [2.05, 4.69) is 9.97 Å². The van der Waals surface area contributed by atoms with Gasteiger partial charge in [-0.05, 0) is 64.1 Å². The third-order valence-corrected chi connectivity index (χ3v) is 6.98. The van der Waals surface area contributed by atoms with Crippen LogP contribution < -0.4 is 9.47 Å². The topological polar surface area (TPSA) is 155 Å². The van der Waals surface area contributed by atoms with Gasteiger partial charge in [-0.15, -0.1) is 0 Å². The maximum Gasteiger partial charge on any atom is 0.326 e. The molecule has 12 heteroatoms. The normalized spacial score (nSPS) is 11.2. The zero-order chi connectivity index (χ0) is 32.0. The minimum absolute atomic E-state index is 0.0430. The third kappa shape index (κ3) is 6.05. The molecule has 2 aromatic heterocycles. The summed E-state index contributed by atoms with van der Waals surface area (Å²) in [6, 6.07) is 10.3. The molecule has 2 N–H and O–H groups in total. The highest BCUT2D eigenvalue weighted by atomic mass is 16.6. The minimum atomic E-state index is -1.46. The monoisotopic (exact) mass is 608 g/mol. The van der Waals surface area contributed by atoms with E-state index in [9.17, 15) is 19.2 Å². The summed E-state index contributed by atoms with van der Waals surface area (Å²) in [4.78, 5) is 58.9. The number of methoxy groups -OCH3 is 2. The van der Waals surface area contributed by atoms with E-state index in [1.807, 2.05) is 0 Å². The Hall–Kier alpha value is -5.00. The molecule has 2 heterocycles. The van der Waals surface area contributed by atoms with Crippen molar-refractivity contribution in [1.82, 2.24) is 9.97 Å². The van der Waals surface area contributed by atoms with Crippen molar-refractivity contribution in [1.29, 1.82) is 0 Å². The van der Waals surface area contributed by atoms with Gasteiger partial charge in [-0.1, -0.05) is 0 Å². The summed E-state index contributed by atoms with van der Waals surface area (Å²) in [6.07, 6.45) is 0. The number of ether oxygens (including phenoxy) is 6. The zero-order valence-corrected chi connectivity index (χ0v) is 25.5. The molecule has 0 aliphatic heterocycles. The molecule has 0 aliphatic carbocycles. The van der Waals surface area contributed by atoms with Crippen LogP contribution in [0.5, 0.6) is 11.5 Å². The Labute approximate surface area is 253 Å². The van der Waals surface area contributed by atoms with Crippen LogP contribution in [0.1, 0.15) is 50.9 Å². The molecule has 2 aromatic carbocycles. The molecular formula is C32H36N2O10. The summed E-state index contributed by atoms with van der Waals surface area (Å²) in [5, 5.41) is 1.15. The van der Waals surface area contributed by atoms with Crippen LogP contribution in [0, 0.1) is 0 Å². The van der Waals surface area contributed by atoms with Crippen molar-refractivity contribution in [3.63, 3.8) is 0 Å². The molecule has 0 amide bonds. The first-order chi connectivity index (χ1) is 21.2. The molecule has 0 fully saturated rings. The first-order valence-corrected chi connectivity index (χ1v) is 14.3. The van der Waals surface area contributed by atoms with E-state index in [-0.39, 0.29) is 37.8 Å². The molecule has 0 bridgehead atoms. The van der Waals surface area contributed by atoms with Gasteiger partial charge in [0.2, 0.25) is 0 Å². The van der Waals surface area contributed by atoms with Crippen molar-refractivity contribution >= 4 is 45.7 Å². The number of benzene rings is 2. The van der Waals surface area contributed by atoms with E-state index in [1.54, 1.807) is 64.1 Å². The molecule has 0 saturated carbocycles. The molecule has 4 rings (SSSR count). The van der Waals surface area contributed by atoms with E-state index in [0.717, 1.165) is 0 Å². The quantitative estimate of drug-likeness (QED) is 0.123. The first-order valence-electron chi connectivity index (χ1n) is 14.3. The Morgan fingerprint density at radius 1 is 0.614 bits per heavy atom. The van der Waals surface area contributed by atoms with Crippen LogP contribution in [-0.4, -0.2) is 74.5 Å². The van der Waals surface area contributed by atoms with Gasteiger partial charge in [0.05, 0.1) is 40.6 Å². The molecule has 0 aliphatic rings. The fraction of sp³-hybridized carbons (Fsp3) is 0.375. The minimum Gasteiger partial charge on any atom is -0.497 e. The summed E-state index contributed by atoms with van der Waals surface area (Å²) in [6.45, 7) is 6.80. The largest absolute Gasteiger partial charge is 0.497 e. The van der Waals surface area contributed by atoms with Crippen LogP contribution >= 0.6 is 0 Å². The highest BCUT2D eigenvalue weighted by molar-refractivity contribution is 6.13. The number of carbonyl (C=O) groups excluding carboxylic acids is 4. The zero-order valence-electron chi connectivity index (χ0n) is 25.5. The predicted octanol–water partition coefficient (Wildman–Crippen LogP) is 4.75. The molecule has 0 radical (unpaired) electrons. The number of hydrogen-bond acceptors (Lipinski definition) is 10. The molecule has 12 nitrogen and oxygen atoms in total. The fourth-order valence-electron chi connectivity index (χ4n) is 5.18. The Morgan fingerprint density at radius 3 is 1.64 bits per heavy atom. The second-order valence-electron chi connectivity index (χ2n) is 9.53. The van der Waals surface area contributed by atoms with Crippen LogP contribution in [0.25, 0.3) is 32.9 Å². The number of H-pyrrole nitrogens is 2. The second kappa shape index (κ2) is 14.0. The van der Waals surface area contributed by atoms with Crippen molar-refractivity contribution in [3.05, 3.63) is 47.8 Å². The van der Waals surface area contributed by atoms with Gasteiger partial charge >= 0.3 is 23.9 Å². The van der Waals surface area contributed by atoms with Crippen molar-refractivity contribution < 1.29 is 47.6 Å². The summed E-state index contributed by atoms with van der Waals surface area (Å²) >= 11 is 0. The Bertz CT molecular complexity index is 1650. The van der Waals surface area contributed by atoms with Gasteiger partial charge in [0.15, 0.2) is 11.8 Å². The van der Waals surface area contributed by atoms with E-state index in [4.69, 9.17) is 28.4 Å². The number of rotatable bonds is 13. The SMILES string of the molecule is CCOC(=O)C(C(=O)OCC)c1cc2c(-c3c(C(C(=O)OCC)C(=O)OCC)[nH]c4ccc(OC)cc34)c(OC)ccc2[nH]1. The number of carbonyl (C=O) groups is 4. The maximum atomic E-state index is 13.3. The third-order valence-electron chi connectivity index (χ3n) is 6.98. The lowest BCUT2D eigenvalue weighted by Crippen LogP contribution is -2.27. The van der Waals surface area contributed by atoms with E-state index in [0.29, 0.717) is 44.4 Å². The van der Waals surface area contributed by atoms with Gasteiger partial charge in [-0.2, -0.15) is 0 Å². The standard InChI is InChI=1S/C32H36N2O10/c1-7-41-29(35)26(30(36)42-8-2)22-16-19-20(33-22)13-14-23(40-6)24(19)25-18-15-17(39-5)11-12-21(18)34-28(25)27(31(37)43-9-3)32(38)44-10-4/h11-16,26-27,33-34H,7-10H2,1-6H3. The van der Waals surface area contributed by atoms with Crippen molar-refractivity contribution in [2.75, 3.05) is 40.6 Å². The Kier molecular flexibility index (Phi) is 10.1. The molecule has 0 spiro atoms. The molecule has 0 unspecified atom stereocenters. The Balaban J connectivity index is 2.10. The lowest BCUT2D eigenvalue weighted by atomic mass is 9.92. The van der Waals surface area contributed by atoms with E-state index < -0.39 is 35.7 Å². The highest BCUT2D eigenvalue weighted by Gasteiger charge is 2.38. The lowest BCUT2D eigenvalue weighted by Gasteiger charge is -2.17. The number of esters is 4. The van der Waals surface area contributed by atoms with E-state index in [1.165, 1.54) is 14.2 Å². The second-order valence-corrected chi connectivity index (χ2v) is 9.53. The van der Waals surface area contributed by atoms with Crippen LogP contribution in [0.2, 0.25) is 0 Å². The van der Waals surface area contributed by atoms with Gasteiger partial charge in [-0.25, -0.2) is 0 Å². The summed E-state index contributed by atoms with van der Waals surface area (Å²) in [5.41, 5.74) is 2.51. The van der Waals surface area contributed by atoms with Gasteiger partial charge in [-0.3, -0.25) is 19.2 Å². The van der Waals surface area contributed by atoms with Gasteiger partial charge in [0.25, 0.3) is 0 Å². The smallest absolute Gasteiger partial charge is 0.326 e. The predicted molar refractivity (Wildman–Crippen MR) is 161 cm³/mol. The molecule has 0 atom stereocenters. The first kappa shape index (κ1) is 31.9. The molecule has 234 valence electrons. The number of aromatic amines is 2. The van der Waals surface area contributed by atoms with Gasteiger partial charge in [0.1, 0.15) is 11.5 Å². The Morgan fingerprint density at radius 2 is 1.11 bits per heavy atom. The summed E-state index contributed by atoms with van der Waals surface area (Å²) < 4.78 is 32.3. The summed E-state index contributed by atoms with van der Waals surface area (Å²) in [5.74, 6) is -5.06. The van der Waals surface area contributed by atoms with E-state index >= 15 is 0 Å². The number of fused-ring (bicyclic) bond motifs is 2. The van der Waals surface area contributed by atoms with Crippen LogP contribution in [0.3, 0.4) is 0 Å². The number of hydrogen-bond donors (Lipinski definition) is 2. The van der Waals surface area contributed by atoms with Gasteiger partial charge in [0, 0.05) is 44.3 Å². The fourth-order valence-corrected chi connectivity index (χ4v) is 5.18. The number of nitrogens with one attached hydrogen (secondary N) is 2. The molecule has 0 saturated heterocycles. The van der Waals surface area contributed by atoms with Crippen LogP contribution in [0.4, 0.5) is 0 Å². The summed E-state index contributed by atoms with van der Waals surface area (Å²) in [7, 11) is 3.01. The maximum absolute atomic E-state index is 13.3. The average Bonchev–Trinajstić information content (AvgIpc) is 3.58. The van der Waals surface area contributed by atoms with Crippen molar-refractivity contribution in [3.8, 4) is 22.6 Å². The van der Waals surface area contributed by atoms with Gasteiger partial charge < -0.3 is 38.4 Å².